The second kappa shape index (κ2) is 8.21. The van der Waals surface area contributed by atoms with Crippen LogP contribution in [0.15, 0.2) is 39.9 Å². The summed E-state index contributed by atoms with van der Waals surface area (Å²) < 4.78 is 6.58. The zero-order chi connectivity index (χ0) is 20.2. The van der Waals surface area contributed by atoms with E-state index >= 15 is 0 Å². The van der Waals surface area contributed by atoms with Crippen molar-refractivity contribution in [2.75, 3.05) is 6.54 Å². The fraction of sp³-hybridized carbons (Fsp3) is 0.368. The quantitative estimate of drug-likeness (QED) is 0.619. The number of carbonyl (C=O) groups excluding carboxylic acids is 2. The number of nitrogens with one attached hydrogen (secondary N) is 2. The second-order valence-corrected chi connectivity index (χ2v) is 6.87. The first-order valence-corrected chi connectivity index (χ1v) is 9.40. The van der Waals surface area contributed by atoms with Gasteiger partial charge in [-0.25, -0.2) is 4.98 Å². The van der Waals surface area contributed by atoms with Gasteiger partial charge in [-0.3, -0.25) is 19.0 Å². The van der Waals surface area contributed by atoms with E-state index in [1.54, 1.807) is 18.2 Å². The van der Waals surface area contributed by atoms with E-state index in [9.17, 15) is 14.4 Å². The molecule has 2 amide bonds. The Labute approximate surface area is 165 Å². The number of carbonyl (C=O) groups is 2. The molecule has 1 saturated heterocycles. The summed E-state index contributed by atoms with van der Waals surface area (Å²) in [6, 6.07) is 7.08. The monoisotopic (exact) mass is 396 g/mol. The van der Waals surface area contributed by atoms with Crippen molar-refractivity contribution in [3.05, 3.63) is 52.7 Å². The Hall–Kier alpha value is -3.56. The van der Waals surface area contributed by atoms with Gasteiger partial charge in [0.1, 0.15) is 0 Å². The molecular weight excluding hydrogens is 376 g/mol. The SMILES string of the molecule is O=C(CCn1cnc2ccccc2c1=O)NCc1nc(C2CCNC(=O)C2)no1. The van der Waals surface area contributed by atoms with Gasteiger partial charge in [0.15, 0.2) is 5.82 Å². The standard InChI is InChI=1S/C19H20N6O4/c26-15(6-8-25-11-22-14-4-2-1-3-13(14)19(25)28)21-10-17-23-18(24-29-17)12-5-7-20-16(27)9-12/h1-4,11-12H,5-10H2,(H,20,27)(H,21,26). The van der Waals surface area contributed by atoms with Crippen LogP contribution in [0, 0.1) is 0 Å². The van der Waals surface area contributed by atoms with Gasteiger partial charge in [-0.1, -0.05) is 17.3 Å². The average Bonchev–Trinajstić information content (AvgIpc) is 3.21. The second-order valence-electron chi connectivity index (χ2n) is 6.87. The molecule has 2 aromatic heterocycles. The van der Waals surface area contributed by atoms with Gasteiger partial charge in [0.05, 0.1) is 23.8 Å². The maximum absolute atomic E-state index is 12.4. The summed E-state index contributed by atoms with van der Waals surface area (Å²) in [5, 5.41) is 9.89. The smallest absolute Gasteiger partial charge is 0.261 e. The first kappa shape index (κ1) is 18.8. The number of fused-ring (bicyclic) bond motifs is 1. The predicted octanol–water partition coefficient (Wildman–Crippen LogP) is 0.480. The van der Waals surface area contributed by atoms with Crippen LogP contribution >= 0.6 is 0 Å². The molecule has 0 bridgehead atoms. The van der Waals surface area contributed by atoms with E-state index in [4.69, 9.17) is 4.52 Å². The fourth-order valence-corrected chi connectivity index (χ4v) is 3.26. The fourth-order valence-electron chi connectivity index (χ4n) is 3.26. The van der Waals surface area contributed by atoms with Crippen LogP contribution in [0.2, 0.25) is 0 Å². The number of rotatable bonds is 6. The number of piperidine rings is 1. The van der Waals surface area contributed by atoms with Crippen LogP contribution in [0.25, 0.3) is 10.9 Å². The highest BCUT2D eigenvalue weighted by Crippen LogP contribution is 2.22. The molecule has 0 spiro atoms. The molecule has 2 N–H and O–H groups in total. The maximum Gasteiger partial charge on any atom is 0.261 e. The molecule has 0 radical (unpaired) electrons. The maximum atomic E-state index is 12.4. The van der Waals surface area contributed by atoms with Crippen LogP contribution in [-0.2, 0) is 22.7 Å². The average molecular weight is 396 g/mol. The van der Waals surface area contributed by atoms with Crippen molar-refractivity contribution in [1.29, 1.82) is 0 Å². The van der Waals surface area contributed by atoms with Crippen molar-refractivity contribution in [3.8, 4) is 0 Å². The van der Waals surface area contributed by atoms with E-state index in [0.717, 1.165) is 6.42 Å². The number of para-hydroxylation sites is 1. The summed E-state index contributed by atoms with van der Waals surface area (Å²) in [6.45, 7) is 0.900. The van der Waals surface area contributed by atoms with Gasteiger partial charge in [0, 0.05) is 31.8 Å². The van der Waals surface area contributed by atoms with E-state index in [2.05, 4.69) is 25.8 Å². The molecule has 1 fully saturated rings. The minimum Gasteiger partial charge on any atom is -0.356 e. The number of aromatic nitrogens is 4. The molecule has 3 aromatic rings. The molecule has 10 nitrogen and oxygen atoms in total. The third-order valence-corrected chi connectivity index (χ3v) is 4.84. The third-order valence-electron chi connectivity index (χ3n) is 4.84. The molecule has 29 heavy (non-hydrogen) atoms. The zero-order valence-electron chi connectivity index (χ0n) is 15.6. The zero-order valence-corrected chi connectivity index (χ0v) is 15.6. The van der Waals surface area contributed by atoms with Crippen LogP contribution in [0.4, 0.5) is 0 Å². The lowest BCUT2D eigenvalue weighted by Gasteiger charge is -2.18. The van der Waals surface area contributed by atoms with Crippen LogP contribution in [-0.4, -0.2) is 38.1 Å². The third kappa shape index (κ3) is 4.31. The van der Waals surface area contributed by atoms with Gasteiger partial charge in [0.25, 0.3) is 5.56 Å². The Morgan fingerprint density at radius 2 is 2.17 bits per heavy atom. The highest BCUT2D eigenvalue weighted by atomic mass is 16.5. The summed E-state index contributed by atoms with van der Waals surface area (Å²) in [5.74, 6) is 0.423. The number of benzene rings is 1. The Bertz CT molecular complexity index is 1110. The molecule has 150 valence electrons. The highest BCUT2D eigenvalue weighted by Gasteiger charge is 2.25. The number of nitrogens with zero attached hydrogens (tertiary/aromatic N) is 4. The summed E-state index contributed by atoms with van der Waals surface area (Å²) >= 11 is 0. The lowest BCUT2D eigenvalue weighted by molar-refractivity contribution is -0.123. The molecule has 0 saturated carbocycles. The van der Waals surface area contributed by atoms with Crippen LogP contribution in [0.1, 0.15) is 36.9 Å². The van der Waals surface area contributed by atoms with Crippen molar-refractivity contribution < 1.29 is 14.1 Å². The molecule has 0 aliphatic carbocycles. The highest BCUT2D eigenvalue weighted by molar-refractivity contribution is 5.78. The van der Waals surface area contributed by atoms with Crippen molar-refractivity contribution in [1.82, 2.24) is 30.3 Å². The Balaban J connectivity index is 1.30. The van der Waals surface area contributed by atoms with Gasteiger partial charge in [0.2, 0.25) is 17.7 Å². The van der Waals surface area contributed by atoms with E-state index < -0.39 is 0 Å². The Kier molecular flexibility index (Phi) is 5.32. The van der Waals surface area contributed by atoms with Gasteiger partial charge in [-0.2, -0.15) is 4.98 Å². The summed E-state index contributed by atoms with van der Waals surface area (Å²) in [4.78, 5) is 44.5. The Morgan fingerprint density at radius 3 is 3.03 bits per heavy atom. The number of aryl methyl sites for hydroxylation is 1. The Morgan fingerprint density at radius 1 is 1.31 bits per heavy atom. The number of amides is 2. The summed E-state index contributed by atoms with van der Waals surface area (Å²) in [7, 11) is 0. The van der Waals surface area contributed by atoms with Crippen molar-refractivity contribution >= 4 is 22.7 Å². The molecular formula is C19H20N6O4. The van der Waals surface area contributed by atoms with E-state index in [1.807, 2.05) is 6.07 Å². The van der Waals surface area contributed by atoms with Gasteiger partial charge < -0.3 is 15.2 Å². The van der Waals surface area contributed by atoms with Gasteiger partial charge in [-0.05, 0) is 18.6 Å². The first-order chi connectivity index (χ1) is 14.1. The van der Waals surface area contributed by atoms with Gasteiger partial charge >= 0.3 is 0 Å². The van der Waals surface area contributed by atoms with E-state index in [0.29, 0.717) is 29.7 Å². The van der Waals surface area contributed by atoms with Crippen LogP contribution < -0.4 is 16.2 Å². The van der Waals surface area contributed by atoms with Crippen molar-refractivity contribution in [2.45, 2.75) is 38.3 Å². The van der Waals surface area contributed by atoms with Gasteiger partial charge in [-0.15, -0.1) is 0 Å². The minimum absolute atomic E-state index is 0.0284. The molecule has 1 aromatic carbocycles. The minimum atomic E-state index is -0.248. The lowest BCUT2D eigenvalue weighted by atomic mass is 9.97. The lowest BCUT2D eigenvalue weighted by Crippen LogP contribution is -2.33. The molecule has 1 unspecified atom stereocenters. The molecule has 1 atom stereocenters. The van der Waals surface area contributed by atoms with Crippen molar-refractivity contribution in [2.24, 2.45) is 0 Å². The summed E-state index contributed by atoms with van der Waals surface area (Å²) in [5.41, 5.74) is 0.447. The first-order valence-electron chi connectivity index (χ1n) is 9.40. The van der Waals surface area contributed by atoms with Crippen molar-refractivity contribution in [3.63, 3.8) is 0 Å². The van der Waals surface area contributed by atoms with E-state index in [-0.39, 0.29) is 48.7 Å². The number of hydrogen-bond acceptors (Lipinski definition) is 7. The predicted molar refractivity (Wildman–Crippen MR) is 102 cm³/mol. The molecule has 3 heterocycles. The van der Waals surface area contributed by atoms with Crippen LogP contribution in [0.3, 0.4) is 0 Å². The largest absolute Gasteiger partial charge is 0.356 e. The number of hydrogen-bond donors (Lipinski definition) is 2. The normalized spacial score (nSPS) is 16.6. The molecule has 1 aliphatic rings. The van der Waals surface area contributed by atoms with E-state index in [1.165, 1.54) is 10.9 Å². The summed E-state index contributed by atoms with van der Waals surface area (Å²) in [6.07, 6.45) is 2.65. The molecule has 1 aliphatic heterocycles. The van der Waals surface area contributed by atoms with Crippen LogP contribution in [0.5, 0.6) is 0 Å². The molecule has 10 heteroatoms. The molecule has 4 rings (SSSR count). The topological polar surface area (TPSA) is 132 Å².